The van der Waals surface area contributed by atoms with Gasteiger partial charge in [-0.3, -0.25) is 14.6 Å². The Balaban J connectivity index is 1.56. The van der Waals surface area contributed by atoms with Crippen molar-refractivity contribution < 1.29 is 18.7 Å². The van der Waals surface area contributed by atoms with Crippen molar-refractivity contribution in [2.45, 2.75) is 63.4 Å². The Labute approximate surface area is 193 Å². The minimum absolute atomic E-state index is 0.0252. The van der Waals surface area contributed by atoms with Crippen LogP contribution in [0.5, 0.6) is 0 Å². The maximum Gasteiger partial charge on any atom is 0.315 e. The monoisotopic (exact) mass is 445 g/mol. The first-order chi connectivity index (χ1) is 16.0. The fraction of sp³-hybridized carbons (Fsp3) is 0.393. The Morgan fingerprint density at radius 2 is 1.70 bits per heavy atom. The van der Waals surface area contributed by atoms with Crippen LogP contribution in [0.4, 0.5) is 4.39 Å². The molecule has 0 spiro atoms. The van der Waals surface area contributed by atoms with E-state index in [-0.39, 0.29) is 17.8 Å². The van der Waals surface area contributed by atoms with Crippen LogP contribution in [-0.4, -0.2) is 23.6 Å². The van der Waals surface area contributed by atoms with E-state index in [0.717, 1.165) is 31.2 Å². The topological polar surface area (TPSA) is 55.7 Å². The van der Waals surface area contributed by atoms with Crippen molar-refractivity contribution in [3.05, 3.63) is 82.8 Å². The highest BCUT2D eigenvalue weighted by Crippen LogP contribution is 2.47. The van der Waals surface area contributed by atoms with Gasteiger partial charge in [-0.1, -0.05) is 48.5 Å². The standard InChI is InChI=1S/C28H28FNO3/c1-17-25(28(32)33-20-11-5-6-12-20)26(21-13-7-8-14-22(21)29)27-23(30-17)15-19(16-24(27)31)18-9-3-2-4-10-18/h2-4,7-10,13-14,19-20,25-26H,5-6,11-12,15-16H2,1H3/t19-,25?,26-/m1/s1. The smallest absolute Gasteiger partial charge is 0.315 e. The fourth-order valence-corrected chi connectivity index (χ4v) is 5.63. The summed E-state index contributed by atoms with van der Waals surface area (Å²) in [5, 5.41) is 0. The van der Waals surface area contributed by atoms with Gasteiger partial charge in [-0.2, -0.15) is 0 Å². The van der Waals surface area contributed by atoms with Gasteiger partial charge in [0.05, 0.1) is 0 Å². The summed E-state index contributed by atoms with van der Waals surface area (Å²) in [6.07, 6.45) is 4.61. The molecule has 1 unspecified atom stereocenters. The molecule has 1 heterocycles. The summed E-state index contributed by atoms with van der Waals surface area (Å²) in [6.45, 7) is 1.80. The van der Waals surface area contributed by atoms with Gasteiger partial charge in [0, 0.05) is 29.3 Å². The zero-order chi connectivity index (χ0) is 22.9. The van der Waals surface area contributed by atoms with Crippen LogP contribution < -0.4 is 0 Å². The lowest BCUT2D eigenvalue weighted by Gasteiger charge is -2.37. The Morgan fingerprint density at radius 3 is 2.42 bits per heavy atom. The van der Waals surface area contributed by atoms with Gasteiger partial charge in [-0.05, 0) is 62.1 Å². The molecule has 0 N–H and O–H groups in total. The molecule has 2 aliphatic carbocycles. The molecule has 0 bridgehead atoms. The van der Waals surface area contributed by atoms with Crippen molar-refractivity contribution in [3.63, 3.8) is 0 Å². The molecule has 4 nitrogen and oxygen atoms in total. The Hall–Kier alpha value is -3.08. The second-order valence-corrected chi connectivity index (χ2v) is 9.37. The molecule has 1 aliphatic heterocycles. The molecule has 3 atom stereocenters. The highest BCUT2D eigenvalue weighted by atomic mass is 19.1. The molecule has 0 amide bonds. The van der Waals surface area contributed by atoms with Gasteiger partial charge in [0.15, 0.2) is 5.78 Å². The fourth-order valence-electron chi connectivity index (χ4n) is 5.63. The van der Waals surface area contributed by atoms with Crippen LogP contribution in [0.3, 0.4) is 0 Å². The number of esters is 1. The molecule has 1 saturated carbocycles. The number of hydrogen-bond donors (Lipinski definition) is 0. The van der Waals surface area contributed by atoms with E-state index in [9.17, 15) is 9.59 Å². The van der Waals surface area contributed by atoms with Crippen LogP contribution in [-0.2, 0) is 14.3 Å². The summed E-state index contributed by atoms with van der Waals surface area (Å²) in [5.41, 5.74) is 3.20. The highest BCUT2D eigenvalue weighted by molar-refractivity contribution is 6.09. The average Bonchev–Trinajstić information content (AvgIpc) is 3.32. The van der Waals surface area contributed by atoms with Crippen molar-refractivity contribution in [2.75, 3.05) is 0 Å². The summed E-state index contributed by atoms with van der Waals surface area (Å²) >= 11 is 0. The molecule has 0 saturated heterocycles. The van der Waals surface area contributed by atoms with E-state index >= 15 is 4.39 Å². The maximum absolute atomic E-state index is 15.0. The van der Waals surface area contributed by atoms with Crippen LogP contribution in [0.2, 0.25) is 0 Å². The van der Waals surface area contributed by atoms with E-state index in [1.807, 2.05) is 30.3 Å². The van der Waals surface area contributed by atoms with Gasteiger partial charge in [0.2, 0.25) is 0 Å². The normalized spacial score (nSPS) is 25.6. The second-order valence-electron chi connectivity index (χ2n) is 9.37. The van der Waals surface area contributed by atoms with E-state index in [1.165, 1.54) is 6.07 Å². The molecule has 5 rings (SSSR count). The van der Waals surface area contributed by atoms with Crippen molar-refractivity contribution in [1.82, 2.24) is 0 Å². The number of rotatable bonds is 4. The number of halogens is 1. The number of ketones is 1. The first-order valence-corrected chi connectivity index (χ1v) is 11.8. The Kier molecular flexibility index (Phi) is 5.96. The molecule has 5 heteroatoms. The van der Waals surface area contributed by atoms with E-state index < -0.39 is 23.6 Å². The molecule has 2 aromatic carbocycles. The molecular formula is C28H28FNO3. The van der Waals surface area contributed by atoms with Crippen molar-refractivity contribution in [2.24, 2.45) is 10.9 Å². The van der Waals surface area contributed by atoms with E-state index in [0.29, 0.717) is 35.4 Å². The highest BCUT2D eigenvalue weighted by Gasteiger charge is 2.46. The number of allylic oxidation sites excluding steroid dienone is 2. The minimum atomic E-state index is -0.793. The van der Waals surface area contributed by atoms with Gasteiger partial charge in [0.1, 0.15) is 17.8 Å². The summed E-state index contributed by atoms with van der Waals surface area (Å²) in [4.78, 5) is 31.7. The summed E-state index contributed by atoms with van der Waals surface area (Å²) < 4.78 is 20.9. The Bertz CT molecular complexity index is 1130. The third kappa shape index (κ3) is 4.17. The predicted octanol–water partition coefficient (Wildman–Crippen LogP) is 5.89. The van der Waals surface area contributed by atoms with Crippen LogP contribution in [0.25, 0.3) is 0 Å². The molecule has 33 heavy (non-hydrogen) atoms. The van der Waals surface area contributed by atoms with Gasteiger partial charge in [-0.25, -0.2) is 4.39 Å². The number of carbonyl (C=O) groups excluding carboxylic acids is 2. The van der Waals surface area contributed by atoms with Gasteiger partial charge in [-0.15, -0.1) is 0 Å². The average molecular weight is 446 g/mol. The molecule has 170 valence electrons. The number of carbonyl (C=O) groups is 2. The number of Topliss-reactive ketones (excluding diaryl/α,β-unsaturated/α-hetero) is 1. The van der Waals surface area contributed by atoms with Crippen LogP contribution in [0.1, 0.15) is 68.4 Å². The van der Waals surface area contributed by atoms with Crippen LogP contribution in [0, 0.1) is 11.7 Å². The number of benzene rings is 2. The molecule has 1 fully saturated rings. The third-order valence-corrected chi connectivity index (χ3v) is 7.24. The largest absolute Gasteiger partial charge is 0.462 e. The molecule has 2 aromatic rings. The second kappa shape index (κ2) is 9.05. The SMILES string of the molecule is CC1=NC2=C(C(=O)C[C@H](c3ccccc3)C2)[C@H](c2ccccc2F)C1C(=O)OC1CCCC1. The van der Waals surface area contributed by atoms with Crippen molar-refractivity contribution >= 4 is 17.5 Å². The lowest BCUT2D eigenvalue weighted by atomic mass is 9.69. The van der Waals surface area contributed by atoms with Gasteiger partial charge < -0.3 is 4.74 Å². The number of aliphatic imine (C=N–C) groups is 1. The zero-order valence-corrected chi connectivity index (χ0v) is 18.8. The summed E-state index contributed by atoms with van der Waals surface area (Å²) in [5.74, 6) is -2.36. The van der Waals surface area contributed by atoms with Crippen LogP contribution in [0.15, 0.2) is 70.9 Å². The van der Waals surface area contributed by atoms with Gasteiger partial charge in [0.25, 0.3) is 0 Å². The van der Waals surface area contributed by atoms with Crippen LogP contribution >= 0.6 is 0 Å². The number of hydrogen-bond acceptors (Lipinski definition) is 4. The third-order valence-electron chi connectivity index (χ3n) is 7.24. The number of nitrogens with zero attached hydrogens (tertiary/aromatic N) is 1. The van der Waals surface area contributed by atoms with Crippen molar-refractivity contribution in [3.8, 4) is 0 Å². The maximum atomic E-state index is 15.0. The van der Waals surface area contributed by atoms with Crippen molar-refractivity contribution in [1.29, 1.82) is 0 Å². The summed E-state index contributed by atoms with van der Waals surface area (Å²) in [6, 6.07) is 16.4. The molecular weight excluding hydrogens is 417 g/mol. The zero-order valence-electron chi connectivity index (χ0n) is 18.8. The lowest BCUT2D eigenvalue weighted by Crippen LogP contribution is -2.39. The predicted molar refractivity (Wildman–Crippen MR) is 125 cm³/mol. The minimum Gasteiger partial charge on any atom is -0.462 e. The first-order valence-electron chi connectivity index (χ1n) is 11.8. The molecule has 0 radical (unpaired) electrons. The van der Waals surface area contributed by atoms with E-state index in [2.05, 4.69) is 0 Å². The van der Waals surface area contributed by atoms with Gasteiger partial charge >= 0.3 is 5.97 Å². The molecule has 3 aliphatic rings. The number of ether oxygens (including phenoxy) is 1. The first kappa shape index (κ1) is 21.7. The molecule has 0 aromatic heterocycles. The van der Waals surface area contributed by atoms with E-state index in [1.54, 1.807) is 25.1 Å². The quantitative estimate of drug-likeness (QED) is 0.552. The lowest BCUT2D eigenvalue weighted by molar-refractivity contribution is -0.151. The van der Waals surface area contributed by atoms with E-state index in [4.69, 9.17) is 9.73 Å². The summed E-state index contributed by atoms with van der Waals surface area (Å²) in [7, 11) is 0. The Morgan fingerprint density at radius 1 is 1.00 bits per heavy atom.